The van der Waals surface area contributed by atoms with E-state index in [2.05, 4.69) is 4.98 Å². The topological polar surface area (TPSA) is 53.1 Å². The predicted molar refractivity (Wildman–Crippen MR) is 49.5 cm³/mol. The number of aromatic carboxylic acids is 1. The molecule has 0 radical (unpaired) electrons. The van der Waals surface area contributed by atoms with Gasteiger partial charge >= 0.3 is 12.1 Å². The number of nitrogens with one attached hydrogen (secondary N) is 1. The van der Waals surface area contributed by atoms with Gasteiger partial charge in [0.2, 0.25) is 0 Å². The summed E-state index contributed by atoms with van der Waals surface area (Å²) in [6, 6.07) is 0. The minimum absolute atomic E-state index is 0.0378. The second-order valence-electron chi connectivity index (χ2n) is 4.01. The first kappa shape index (κ1) is 11.0. The first-order valence-electron chi connectivity index (χ1n) is 4.87. The van der Waals surface area contributed by atoms with Crippen LogP contribution >= 0.6 is 0 Å². The van der Waals surface area contributed by atoms with Gasteiger partial charge in [0.1, 0.15) is 5.69 Å². The van der Waals surface area contributed by atoms with Crippen LogP contribution in [0.15, 0.2) is 0 Å². The number of hydrogen-bond donors (Lipinski definition) is 2. The van der Waals surface area contributed by atoms with Crippen LogP contribution in [0.5, 0.6) is 0 Å². The molecule has 0 amide bonds. The van der Waals surface area contributed by atoms with Gasteiger partial charge in [0.25, 0.3) is 0 Å². The van der Waals surface area contributed by atoms with E-state index >= 15 is 0 Å². The Balaban J connectivity index is 2.65. The molecule has 1 unspecified atom stereocenters. The molecule has 1 aliphatic carbocycles. The molecule has 0 saturated heterocycles. The van der Waals surface area contributed by atoms with E-state index in [1.165, 1.54) is 0 Å². The monoisotopic (exact) mass is 233 g/mol. The summed E-state index contributed by atoms with van der Waals surface area (Å²) in [5.74, 6) is -1.60. The summed E-state index contributed by atoms with van der Waals surface area (Å²) in [6.45, 7) is 1.79. The molecule has 1 aromatic rings. The number of hydrogen-bond acceptors (Lipinski definition) is 1. The van der Waals surface area contributed by atoms with Crippen molar-refractivity contribution in [3.63, 3.8) is 0 Å². The Labute approximate surface area is 89.3 Å². The molecule has 6 heteroatoms. The van der Waals surface area contributed by atoms with E-state index in [-0.39, 0.29) is 17.9 Å². The maximum atomic E-state index is 12.7. The van der Waals surface area contributed by atoms with Crippen LogP contribution in [0.2, 0.25) is 0 Å². The summed E-state index contributed by atoms with van der Waals surface area (Å²) < 4.78 is 38.2. The summed E-state index contributed by atoms with van der Waals surface area (Å²) >= 11 is 0. The van der Waals surface area contributed by atoms with Gasteiger partial charge in [-0.05, 0) is 24.3 Å². The lowest BCUT2D eigenvalue weighted by atomic mass is 10.1. The third-order valence-electron chi connectivity index (χ3n) is 2.95. The maximum Gasteiger partial charge on any atom is 0.419 e. The summed E-state index contributed by atoms with van der Waals surface area (Å²) in [5.41, 5.74) is -1.19. The zero-order valence-corrected chi connectivity index (χ0v) is 8.48. The molecule has 0 aliphatic heterocycles. The van der Waals surface area contributed by atoms with E-state index in [1.807, 2.05) is 0 Å². The molecule has 1 aromatic heterocycles. The standard InChI is InChI=1S/C10H10F3NO2/c1-4-2-3-5-6(10(11,12)13)8(9(15)16)14-7(4)5/h4,14H,2-3H2,1H3,(H,15,16). The summed E-state index contributed by atoms with van der Waals surface area (Å²) in [5, 5.41) is 8.74. The molecular weight excluding hydrogens is 223 g/mol. The van der Waals surface area contributed by atoms with Gasteiger partial charge in [0, 0.05) is 5.69 Å². The van der Waals surface area contributed by atoms with Crippen molar-refractivity contribution in [3.05, 3.63) is 22.5 Å². The lowest BCUT2D eigenvalue weighted by Gasteiger charge is -2.07. The Hall–Kier alpha value is -1.46. The van der Waals surface area contributed by atoms with E-state index in [0.29, 0.717) is 12.1 Å². The SMILES string of the molecule is CC1CCc2c1[nH]c(C(=O)O)c2C(F)(F)F. The minimum atomic E-state index is -4.61. The fraction of sp³-hybridized carbons (Fsp3) is 0.500. The van der Waals surface area contributed by atoms with Crippen LogP contribution < -0.4 is 0 Å². The molecule has 0 bridgehead atoms. The largest absolute Gasteiger partial charge is 0.477 e. The molecule has 88 valence electrons. The molecule has 3 nitrogen and oxygen atoms in total. The molecule has 16 heavy (non-hydrogen) atoms. The predicted octanol–water partition coefficient (Wildman–Crippen LogP) is 2.78. The molecule has 2 rings (SSSR count). The summed E-state index contributed by atoms with van der Waals surface area (Å²) in [7, 11) is 0. The Morgan fingerprint density at radius 2 is 2.12 bits per heavy atom. The maximum absolute atomic E-state index is 12.7. The number of aromatic nitrogens is 1. The highest BCUT2D eigenvalue weighted by molar-refractivity contribution is 5.88. The van der Waals surface area contributed by atoms with Crippen molar-refractivity contribution in [1.29, 1.82) is 0 Å². The van der Waals surface area contributed by atoms with Crippen LogP contribution in [0.3, 0.4) is 0 Å². The number of H-pyrrole nitrogens is 1. The highest BCUT2D eigenvalue weighted by Gasteiger charge is 2.43. The minimum Gasteiger partial charge on any atom is -0.477 e. The number of aromatic amines is 1. The number of carboxylic acid groups (broad SMARTS) is 1. The van der Waals surface area contributed by atoms with E-state index in [1.54, 1.807) is 6.92 Å². The van der Waals surface area contributed by atoms with E-state index < -0.39 is 23.4 Å². The van der Waals surface area contributed by atoms with E-state index in [9.17, 15) is 18.0 Å². The molecule has 0 spiro atoms. The van der Waals surface area contributed by atoms with Crippen molar-refractivity contribution in [3.8, 4) is 0 Å². The van der Waals surface area contributed by atoms with Crippen molar-refractivity contribution in [2.45, 2.75) is 31.9 Å². The normalized spacial score (nSPS) is 19.9. The molecular formula is C10H10F3NO2. The summed E-state index contributed by atoms with van der Waals surface area (Å²) in [6.07, 6.45) is -3.69. The van der Waals surface area contributed by atoms with Crippen molar-refractivity contribution >= 4 is 5.97 Å². The van der Waals surface area contributed by atoms with Gasteiger partial charge in [-0.25, -0.2) is 4.79 Å². The third kappa shape index (κ3) is 1.48. The third-order valence-corrected chi connectivity index (χ3v) is 2.95. The average Bonchev–Trinajstić information content (AvgIpc) is 2.64. The number of carboxylic acids is 1. The van der Waals surface area contributed by atoms with Gasteiger partial charge in [-0.15, -0.1) is 0 Å². The quantitative estimate of drug-likeness (QED) is 0.783. The molecule has 0 saturated carbocycles. The van der Waals surface area contributed by atoms with Gasteiger partial charge in [-0.1, -0.05) is 6.92 Å². The van der Waals surface area contributed by atoms with Crippen LogP contribution in [-0.2, 0) is 12.6 Å². The van der Waals surface area contributed by atoms with Crippen molar-refractivity contribution in [1.82, 2.24) is 4.98 Å². The fourth-order valence-electron chi connectivity index (χ4n) is 2.22. The van der Waals surface area contributed by atoms with E-state index in [4.69, 9.17) is 5.11 Å². The lowest BCUT2D eigenvalue weighted by Crippen LogP contribution is -2.13. The second-order valence-corrected chi connectivity index (χ2v) is 4.01. The Morgan fingerprint density at radius 1 is 1.50 bits per heavy atom. The van der Waals surface area contributed by atoms with Crippen molar-refractivity contribution in [2.24, 2.45) is 0 Å². The van der Waals surface area contributed by atoms with Gasteiger partial charge in [0.15, 0.2) is 0 Å². The van der Waals surface area contributed by atoms with Gasteiger partial charge in [-0.2, -0.15) is 13.2 Å². The Morgan fingerprint density at radius 3 is 2.62 bits per heavy atom. The molecule has 0 fully saturated rings. The van der Waals surface area contributed by atoms with Crippen LogP contribution in [0, 0.1) is 0 Å². The van der Waals surface area contributed by atoms with Crippen molar-refractivity contribution < 1.29 is 23.1 Å². The Bertz CT molecular complexity index is 448. The number of alkyl halides is 3. The first-order chi connectivity index (χ1) is 7.32. The fourth-order valence-corrected chi connectivity index (χ4v) is 2.22. The number of halogens is 3. The van der Waals surface area contributed by atoms with Crippen LogP contribution in [0.4, 0.5) is 13.2 Å². The highest BCUT2D eigenvalue weighted by Crippen LogP contribution is 2.43. The number of carbonyl (C=O) groups is 1. The average molecular weight is 233 g/mol. The molecule has 2 N–H and O–H groups in total. The van der Waals surface area contributed by atoms with Gasteiger partial charge in [0.05, 0.1) is 5.56 Å². The number of fused-ring (bicyclic) bond motifs is 1. The Kier molecular flexibility index (Phi) is 2.25. The molecule has 0 aromatic carbocycles. The number of rotatable bonds is 1. The van der Waals surface area contributed by atoms with Gasteiger partial charge < -0.3 is 10.1 Å². The van der Waals surface area contributed by atoms with Gasteiger partial charge in [-0.3, -0.25) is 0 Å². The first-order valence-corrected chi connectivity index (χ1v) is 4.87. The molecule has 1 heterocycles. The van der Waals surface area contributed by atoms with Crippen LogP contribution in [0.1, 0.15) is 46.6 Å². The smallest absolute Gasteiger partial charge is 0.419 e. The second kappa shape index (κ2) is 3.26. The molecule has 1 aliphatic rings. The zero-order valence-electron chi connectivity index (χ0n) is 8.48. The summed E-state index contributed by atoms with van der Waals surface area (Å²) in [4.78, 5) is 13.1. The lowest BCUT2D eigenvalue weighted by molar-refractivity contribution is -0.138. The van der Waals surface area contributed by atoms with Crippen molar-refractivity contribution in [2.75, 3.05) is 0 Å². The zero-order chi connectivity index (χ0) is 12.1. The van der Waals surface area contributed by atoms with E-state index in [0.717, 1.165) is 0 Å². The van der Waals surface area contributed by atoms with Crippen LogP contribution in [-0.4, -0.2) is 16.1 Å². The molecule has 1 atom stereocenters. The van der Waals surface area contributed by atoms with Crippen LogP contribution in [0.25, 0.3) is 0 Å². The highest BCUT2D eigenvalue weighted by atomic mass is 19.4.